The Hall–Kier alpha value is -4.28. The number of aliphatic hydroxyl groups is 1. The van der Waals surface area contributed by atoms with Gasteiger partial charge in [0.2, 0.25) is 0 Å². The number of anilines is 1. The first-order valence-corrected chi connectivity index (χ1v) is 12.3. The van der Waals surface area contributed by atoms with Gasteiger partial charge in [-0.15, -0.1) is 0 Å². The van der Waals surface area contributed by atoms with Crippen LogP contribution in [0.3, 0.4) is 0 Å². The van der Waals surface area contributed by atoms with Crippen molar-refractivity contribution in [2.45, 2.75) is 13.0 Å². The fourth-order valence-corrected chi connectivity index (χ4v) is 5.29. The van der Waals surface area contributed by atoms with Crippen LogP contribution in [0.4, 0.5) is 10.8 Å². The zero-order valence-electron chi connectivity index (χ0n) is 19.3. The maximum Gasteiger partial charge on any atom is 0.301 e. The summed E-state index contributed by atoms with van der Waals surface area (Å²) in [5, 5.41) is 23.0. The molecule has 0 aliphatic carbocycles. The van der Waals surface area contributed by atoms with Gasteiger partial charge in [-0.1, -0.05) is 22.9 Å². The van der Waals surface area contributed by atoms with Gasteiger partial charge in [0.15, 0.2) is 5.13 Å². The van der Waals surface area contributed by atoms with Gasteiger partial charge in [0.05, 0.1) is 33.4 Å². The quantitative estimate of drug-likeness (QED) is 0.107. The van der Waals surface area contributed by atoms with Crippen LogP contribution in [0.2, 0.25) is 5.02 Å². The largest absolute Gasteiger partial charge is 0.507 e. The second-order valence-corrected chi connectivity index (χ2v) is 9.53. The second kappa shape index (κ2) is 9.64. The first kappa shape index (κ1) is 24.4. The van der Waals surface area contributed by atoms with Crippen molar-refractivity contribution >= 4 is 61.4 Å². The maximum atomic E-state index is 13.4. The van der Waals surface area contributed by atoms with Gasteiger partial charge in [-0.05, 0) is 67.1 Å². The highest BCUT2D eigenvalue weighted by Gasteiger charge is 2.48. The van der Waals surface area contributed by atoms with Crippen molar-refractivity contribution in [2.75, 3.05) is 11.5 Å². The van der Waals surface area contributed by atoms with Crippen molar-refractivity contribution in [3.63, 3.8) is 0 Å². The van der Waals surface area contributed by atoms with E-state index in [0.29, 0.717) is 34.0 Å². The monoisotopic (exact) mass is 535 g/mol. The van der Waals surface area contributed by atoms with Gasteiger partial charge in [0.25, 0.3) is 11.5 Å². The Labute approximate surface area is 219 Å². The first-order chi connectivity index (χ1) is 17.8. The van der Waals surface area contributed by atoms with Gasteiger partial charge in [-0.25, -0.2) is 4.98 Å². The van der Waals surface area contributed by atoms with E-state index in [0.717, 1.165) is 4.70 Å². The van der Waals surface area contributed by atoms with Crippen LogP contribution in [-0.2, 0) is 9.59 Å². The lowest BCUT2D eigenvalue weighted by molar-refractivity contribution is -0.384. The summed E-state index contributed by atoms with van der Waals surface area (Å²) in [6, 6.07) is 15.9. The fourth-order valence-electron chi connectivity index (χ4n) is 4.14. The average molecular weight is 536 g/mol. The Morgan fingerprint density at radius 2 is 1.84 bits per heavy atom. The number of rotatable bonds is 6. The van der Waals surface area contributed by atoms with Crippen LogP contribution in [0.5, 0.6) is 5.75 Å². The summed E-state index contributed by atoms with van der Waals surface area (Å²) in [6.45, 7) is 2.35. The number of thiazole rings is 1. The van der Waals surface area contributed by atoms with Gasteiger partial charge < -0.3 is 9.84 Å². The van der Waals surface area contributed by atoms with Crippen molar-refractivity contribution in [1.29, 1.82) is 0 Å². The van der Waals surface area contributed by atoms with E-state index in [9.17, 15) is 24.8 Å². The molecule has 1 aliphatic heterocycles. The zero-order valence-corrected chi connectivity index (χ0v) is 20.8. The minimum atomic E-state index is -1.07. The molecule has 9 nitrogen and oxygen atoms in total. The molecule has 1 N–H and O–H groups in total. The molecule has 0 saturated carbocycles. The summed E-state index contributed by atoms with van der Waals surface area (Å²) in [6.07, 6.45) is 0. The second-order valence-electron chi connectivity index (χ2n) is 8.08. The van der Waals surface area contributed by atoms with E-state index >= 15 is 0 Å². The SMILES string of the molecule is CCOc1ccc2nc(N3C(=O)C(=O)C(=C(O)c4ccc(Cl)cc4)C3c3ccc([N+](=O)[O-])cc3)sc2c1. The number of ether oxygens (including phenoxy) is 1. The summed E-state index contributed by atoms with van der Waals surface area (Å²) >= 11 is 7.16. The van der Waals surface area contributed by atoms with Crippen LogP contribution in [0.15, 0.2) is 72.3 Å². The molecule has 11 heteroatoms. The molecule has 0 spiro atoms. The first-order valence-electron chi connectivity index (χ1n) is 11.1. The van der Waals surface area contributed by atoms with Crippen LogP contribution in [-0.4, -0.2) is 33.3 Å². The Kier molecular flexibility index (Phi) is 6.36. The summed E-state index contributed by atoms with van der Waals surface area (Å²) in [5.41, 5.74) is 0.984. The molecular weight excluding hydrogens is 518 g/mol. The molecule has 2 heterocycles. The predicted octanol–water partition coefficient (Wildman–Crippen LogP) is 5.88. The molecule has 37 heavy (non-hydrogen) atoms. The third-order valence-corrected chi connectivity index (χ3v) is 7.12. The molecule has 1 atom stereocenters. The van der Waals surface area contributed by atoms with E-state index in [-0.39, 0.29) is 22.2 Å². The zero-order chi connectivity index (χ0) is 26.3. The summed E-state index contributed by atoms with van der Waals surface area (Å²) in [5.74, 6) is -1.52. The van der Waals surface area contributed by atoms with Crippen LogP contribution >= 0.6 is 22.9 Å². The van der Waals surface area contributed by atoms with Gasteiger partial charge in [-0.3, -0.25) is 24.6 Å². The van der Waals surface area contributed by atoms with Crippen molar-refractivity contribution in [3.05, 3.63) is 98.6 Å². The van der Waals surface area contributed by atoms with Crippen LogP contribution in [0.25, 0.3) is 16.0 Å². The minimum absolute atomic E-state index is 0.151. The smallest absolute Gasteiger partial charge is 0.301 e. The van der Waals surface area contributed by atoms with Crippen LogP contribution in [0, 0.1) is 10.1 Å². The number of hydrogen-bond donors (Lipinski definition) is 1. The van der Waals surface area contributed by atoms with E-state index in [1.807, 2.05) is 6.92 Å². The summed E-state index contributed by atoms with van der Waals surface area (Å²) < 4.78 is 6.29. The van der Waals surface area contributed by atoms with Gasteiger partial charge in [-0.2, -0.15) is 0 Å². The number of Topliss-reactive ketones (excluding diaryl/α,β-unsaturated/α-hetero) is 1. The highest BCUT2D eigenvalue weighted by Crippen LogP contribution is 2.45. The van der Waals surface area contributed by atoms with Crippen LogP contribution in [0.1, 0.15) is 24.1 Å². The number of aliphatic hydroxyl groups excluding tert-OH is 1. The number of nitrogens with zero attached hydrogens (tertiary/aromatic N) is 3. The topological polar surface area (TPSA) is 123 Å². The Balaban J connectivity index is 1.69. The molecule has 0 radical (unpaired) electrons. The third-order valence-electron chi connectivity index (χ3n) is 5.85. The van der Waals surface area contributed by atoms with Gasteiger partial charge >= 0.3 is 5.91 Å². The standard InChI is InChI=1S/C26H18ClN3O6S/c1-2-36-18-11-12-19-20(13-18)37-26(28-19)29-22(14-5-9-17(10-6-14)30(34)35)21(24(32)25(29)33)23(31)15-3-7-16(27)8-4-15/h3-13,22,31H,2H2,1H3. The number of nitro groups is 1. The molecule has 0 bridgehead atoms. The number of nitro benzene ring substituents is 1. The number of non-ortho nitro benzene ring substituents is 1. The van der Waals surface area contributed by atoms with E-state index in [4.69, 9.17) is 16.3 Å². The van der Waals surface area contributed by atoms with Crippen molar-refractivity contribution < 1.29 is 24.4 Å². The molecule has 1 fully saturated rings. The number of carbonyl (C=O) groups excluding carboxylic acids is 2. The molecule has 1 unspecified atom stereocenters. The number of carbonyl (C=O) groups is 2. The number of amides is 1. The summed E-state index contributed by atoms with van der Waals surface area (Å²) in [4.78, 5) is 43.1. The number of halogens is 1. The lowest BCUT2D eigenvalue weighted by atomic mass is 9.95. The molecule has 1 saturated heterocycles. The predicted molar refractivity (Wildman–Crippen MR) is 140 cm³/mol. The molecule has 3 aromatic carbocycles. The average Bonchev–Trinajstić information content (AvgIpc) is 3.42. The molecule has 1 amide bonds. The van der Waals surface area contributed by atoms with Crippen molar-refractivity contribution in [2.24, 2.45) is 0 Å². The number of hydrogen-bond acceptors (Lipinski definition) is 8. The lowest BCUT2D eigenvalue weighted by Gasteiger charge is -2.22. The molecule has 186 valence electrons. The highest BCUT2D eigenvalue weighted by atomic mass is 35.5. The number of benzene rings is 3. The number of fused-ring (bicyclic) bond motifs is 1. The minimum Gasteiger partial charge on any atom is -0.507 e. The number of aromatic nitrogens is 1. The highest BCUT2D eigenvalue weighted by molar-refractivity contribution is 7.22. The Bertz CT molecular complexity index is 1580. The molecule has 4 aromatic rings. The summed E-state index contributed by atoms with van der Waals surface area (Å²) in [7, 11) is 0. The molecule has 1 aliphatic rings. The Morgan fingerprint density at radius 1 is 1.14 bits per heavy atom. The van der Waals surface area contributed by atoms with Gasteiger partial charge in [0, 0.05) is 22.7 Å². The fraction of sp³-hybridized carbons (Fsp3) is 0.115. The van der Waals surface area contributed by atoms with Gasteiger partial charge in [0.1, 0.15) is 11.5 Å². The third kappa shape index (κ3) is 4.41. The van der Waals surface area contributed by atoms with Crippen LogP contribution < -0.4 is 9.64 Å². The van der Waals surface area contributed by atoms with E-state index in [2.05, 4.69) is 4.98 Å². The molecule has 1 aromatic heterocycles. The molecule has 5 rings (SSSR count). The van der Waals surface area contributed by atoms with E-state index in [1.165, 1.54) is 52.6 Å². The Morgan fingerprint density at radius 3 is 2.49 bits per heavy atom. The number of ketones is 1. The maximum absolute atomic E-state index is 13.4. The van der Waals surface area contributed by atoms with E-state index in [1.54, 1.807) is 30.3 Å². The van der Waals surface area contributed by atoms with Crippen molar-refractivity contribution in [3.8, 4) is 5.75 Å². The van der Waals surface area contributed by atoms with Crippen molar-refractivity contribution in [1.82, 2.24) is 4.98 Å². The normalized spacial score (nSPS) is 16.9. The lowest BCUT2D eigenvalue weighted by Crippen LogP contribution is -2.29. The molecular formula is C26H18ClN3O6S. The van der Waals surface area contributed by atoms with E-state index < -0.39 is 22.7 Å².